The Morgan fingerprint density at radius 1 is 1.03 bits per heavy atom. The molecule has 2 fully saturated rings. The van der Waals surface area contributed by atoms with Crippen LogP contribution in [0.5, 0.6) is 0 Å². The van der Waals surface area contributed by atoms with Gasteiger partial charge in [0.05, 0.1) is 17.7 Å². The van der Waals surface area contributed by atoms with Gasteiger partial charge in [-0.25, -0.2) is 8.78 Å². The van der Waals surface area contributed by atoms with Crippen molar-refractivity contribution in [2.45, 2.75) is 25.0 Å². The number of aliphatic hydroxyl groups is 1. The van der Waals surface area contributed by atoms with Crippen molar-refractivity contribution in [1.29, 1.82) is 0 Å². The highest BCUT2D eigenvalue weighted by Gasteiger charge is 2.47. The number of ketones is 1. The smallest absolute Gasteiger partial charge is 0.295 e. The summed E-state index contributed by atoms with van der Waals surface area (Å²) in [6.45, 7) is 0.776. The Labute approximate surface area is 166 Å². The van der Waals surface area contributed by atoms with Crippen LogP contribution in [0, 0.1) is 11.6 Å². The molecule has 2 aromatic rings. The van der Waals surface area contributed by atoms with Gasteiger partial charge in [-0.15, -0.1) is 0 Å². The van der Waals surface area contributed by atoms with E-state index in [4.69, 9.17) is 4.74 Å². The van der Waals surface area contributed by atoms with E-state index in [9.17, 15) is 23.5 Å². The number of aliphatic hydroxyl groups excluding tert-OH is 1. The van der Waals surface area contributed by atoms with Crippen LogP contribution >= 0.6 is 0 Å². The second kappa shape index (κ2) is 7.75. The number of hydrogen-bond donors (Lipinski definition) is 1. The summed E-state index contributed by atoms with van der Waals surface area (Å²) in [5.74, 6) is -2.93. The summed E-state index contributed by atoms with van der Waals surface area (Å²) in [6, 6.07) is 9.52. The maximum atomic E-state index is 13.4. The first-order valence-corrected chi connectivity index (χ1v) is 9.37. The van der Waals surface area contributed by atoms with Gasteiger partial charge in [0.1, 0.15) is 17.4 Å². The molecule has 0 aromatic heterocycles. The lowest BCUT2D eigenvalue weighted by atomic mass is 9.95. The third-order valence-corrected chi connectivity index (χ3v) is 5.27. The molecule has 29 heavy (non-hydrogen) atoms. The quantitative estimate of drug-likeness (QED) is 0.485. The van der Waals surface area contributed by atoms with Crippen molar-refractivity contribution in [2.24, 2.45) is 0 Å². The molecule has 2 heterocycles. The molecule has 2 saturated heterocycles. The number of carbonyl (C=O) groups is 2. The van der Waals surface area contributed by atoms with Gasteiger partial charge in [0, 0.05) is 18.7 Å². The fourth-order valence-electron chi connectivity index (χ4n) is 3.83. The van der Waals surface area contributed by atoms with Gasteiger partial charge in [-0.05, 0) is 54.8 Å². The molecule has 0 radical (unpaired) electrons. The summed E-state index contributed by atoms with van der Waals surface area (Å²) in [7, 11) is 0. The molecule has 0 bridgehead atoms. The topological polar surface area (TPSA) is 66.8 Å². The predicted octanol–water partition coefficient (Wildman–Crippen LogP) is 3.57. The van der Waals surface area contributed by atoms with Crippen LogP contribution in [-0.4, -0.2) is 41.0 Å². The predicted molar refractivity (Wildman–Crippen MR) is 101 cm³/mol. The van der Waals surface area contributed by atoms with Crippen LogP contribution < -0.4 is 0 Å². The number of halogens is 2. The van der Waals surface area contributed by atoms with Gasteiger partial charge < -0.3 is 14.7 Å². The van der Waals surface area contributed by atoms with E-state index < -0.39 is 35.1 Å². The van der Waals surface area contributed by atoms with E-state index in [1.807, 2.05) is 0 Å². The van der Waals surface area contributed by atoms with Gasteiger partial charge in [0.25, 0.3) is 11.7 Å². The summed E-state index contributed by atoms with van der Waals surface area (Å²) in [4.78, 5) is 27.0. The first-order valence-electron chi connectivity index (χ1n) is 9.37. The van der Waals surface area contributed by atoms with Gasteiger partial charge in [0.2, 0.25) is 0 Å². The van der Waals surface area contributed by atoms with Crippen molar-refractivity contribution in [2.75, 3.05) is 13.2 Å². The molecule has 4 rings (SSSR count). The first-order chi connectivity index (χ1) is 14.0. The summed E-state index contributed by atoms with van der Waals surface area (Å²) < 4.78 is 32.3. The van der Waals surface area contributed by atoms with Gasteiger partial charge in [-0.1, -0.05) is 12.1 Å². The number of hydrogen-bond acceptors (Lipinski definition) is 4. The average Bonchev–Trinajstić information content (AvgIpc) is 3.31. The molecule has 150 valence electrons. The van der Waals surface area contributed by atoms with Crippen molar-refractivity contribution in [3.05, 3.63) is 76.9 Å². The minimum Gasteiger partial charge on any atom is -0.507 e. The Morgan fingerprint density at radius 2 is 1.66 bits per heavy atom. The number of benzene rings is 2. The zero-order chi connectivity index (χ0) is 20.5. The van der Waals surface area contributed by atoms with E-state index >= 15 is 0 Å². The van der Waals surface area contributed by atoms with Crippen molar-refractivity contribution >= 4 is 17.4 Å². The molecule has 0 saturated carbocycles. The summed E-state index contributed by atoms with van der Waals surface area (Å²) in [5, 5.41) is 10.8. The van der Waals surface area contributed by atoms with Gasteiger partial charge in [0.15, 0.2) is 0 Å². The van der Waals surface area contributed by atoms with Crippen LogP contribution in [0.3, 0.4) is 0 Å². The van der Waals surface area contributed by atoms with Crippen molar-refractivity contribution in [3.8, 4) is 0 Å². The fourth-order valence-corrected chi connectivity index (χ4v) is 3.83. The molecule has 5 nitrogen and oxygen atoms in total. The lowest BCUT2D eigenvalue weighted by Gasteiger charge is -2.27. The molecule has 2 unspecified atom stereocenters. The third kappa shape index (κ3) is 3.65. The van der Waals surface area contributed by atoms with Gasteiger partial charge in [-0.2, -0.15) is 0 Å². The lowest BCUT2D eigenvalue weighted by molar-refractivity contribution is -0.140. The van der Waals surface area contributed by atoms with Crippen LogP contribution in [0.15, 0.2) is 54.1 Å². The number of rotatable bonds is 4. The maximum absolute atomic E-state index is 13.4. The minimum absolute atomic E-state index is 0.105. The van der Waals surface area contributed by atoms with E-state index in [-0.39, 0.29) is 23.8 Å². The van der Waals surface area contributed by atoms with Crippen molar-refractivity contribution in [3.63, 3.8) is 0 Å². The molecule has 0 aliphatic carbocycles. The molecular weight excluding hydrogens is 380 g/mol. The van der Waals surface area contributed by atoms with Crippen LogP contribution in [0.2, 0.25) is 0 Å². The highest BCUT2D eigenvalue weighted by Crippen LogP contribution is 2.40. The largest absolute Gasteiger partial charge is 0.507 e. The fraction of sp³-hybridized carbons (Fsp3) is 0.273. The molecule has 0 spiro atoms. The van der Waals surface area contributed by atoms with Crippen molar-refractivity contribution < 1.29 is 28.2 Å². The molecule has 1 N–H and O–H groups in total. The van der Waals surface area contributed by atoms with Crippen LogP contribution in [0.25, 0.3) is 5.76 Å². The number of amides is 1. The zero-order valence-electron chi connectivity index (χ0n) is 15.5. The Bertz CT molecular complexity index is 963. The summed E-state index contributed by atoms with van der Waals surface area (Å²) in [5.41, 5.74) is 0.604. The molecule has 1 amide bonds. The van der Waals surface area contributed by atoms with Crippen LogP contribution in [-0.2, 0) is 14.3 Å². The number of likely N-dealkylation sites (tertiary alicyclic amines) is 1. The van der Waals surface area contributed by atoms with Crippen molar-refractivity contribution in [1.82, 2.24) is 4.90 Å². The van der Waals surface area contributed by atoms with E-state index in [2.05, 4.69) is 0 Å². The molecule has 2 atom stereocenters. The molecule has 7 heteroatoms. The Balaban J connectivity index is 1.81. The average molecular weight is 399 g/mol. The van der Waals surface area contributed by atoms with Gasteiger partial charge >= 0.3 is 0 Å². The highest BCUT2D eigenvalue weighted by atomic mass is 19.1. The normalized spacial score (nSPS) is 23.7. The summed E-state index contributed by atoms with van der Waals surface area (Å²) in [6.07, 6.45) is 1.42. The molecule has 2 aliphatic heterocycles. The van der Waals surface area contributed by atoms with E-state index in [1.165, 1.54) is 41.3 Å². The van der Waals surface area contributed by atoms with E-state index in [0.717, 1.165) is 25.0 Å². The molecule has 2 aliphatic rings. The number of carbonyl (C=O) groups excluding carboxylic acids is 2. The Hall–Kier alpha value is -3.06. The number of ether oxygens (including phenoxy) is 1. The lowest BCUT2D eigenvalue weighted by Crippen LogP contribution is -2.36. The second-order valence-electron chi connectivity index (χ2n) is 7.14. The van der Waals surface area contributed by atoms with Crippen LogP contribution in [0.4, 0.5) is 8.78 Å². The third-order valence-electron chi connectivity index (χ3n) is 5.27. The Kier molecular flexibility index (Phi) is 5.15. The Morgan fingerprint density at radius 3 is 2.24 bits per heavy atom. The van der Waals surface area contributed by atoms with E-state index in [1.54, 1.807) is 0 Å². The number of Topliss-reactive ketones (excluding diaryl/α,β-unsaturated/α-hetero) is 1. The van der Waals surface area contributed by atoms with Gasteiger partial charge in [-0.3, -0.25) is 9.59 Å². The standard InChI is InChI=1S/C22H19F2NO4/c23-15-7-3-13(4-8-15)19-18(20(26)14-5-9-16(24)10-6-14)21(27)22(28)25(19)12-17-2-1-11-29-17/h3-10,17,19,26H,1-2,11-12H2/b20-18-. The first kappa shape index (κ1) is 19.3. The molecule has 2 aromatic carbocycles. The maximum Gasteiger partial charge on any atom is 0.295 e. The van der Waals surface area contributed by atoms with E-state index in [0.29, 0.717) is 12.2 Å². The monoisotopic (exact) mass is 399 g/mol. The highest BCUT2D eigenvalue weighted by molar-refractivity contribution is 6.46. The number of nitrogens with zero attached hydrogens (tertiary/aromatic N) is 1. The molecular formula is C22H19F2NO4. The summed E-state index contributed by atoms with van der Waals surface area (Å²) >= 11 is 0. The minimum atomic E-state index is -0.884. The zero-order valence-corrected chi connectivity index (χ0v) is 15.5. The van der Waals surface area contributed by atoms with Crippen LogP contribution in [0.1, 0.15) is 30.0 Å². The SMILES string of the molecule is O=C1C(=O)N(CC2CCCO2)C(c2ccc(F)cc2)/C1=C(/O)c1ccc(F)cc1. The second-order valence-corrected chi connectivity index (χ2v) is 7.14.